The smallest absolute Gasteiger partial charge is 0.306 e. The summed E-state index contributed by atoms with van der Waals surface area (Å²) in [4.78, 5) is 24.6. The lowest BCUT2D eigenvalue weighted by Crippen LogP contribution is -2.49. The van der Waals surface area contributed by atoms with E-state index in [9.17, 15) is 9.59 Å². The number of rotatable bonds is 3. The normalized spacial score (nSPS) is 29.0. The van der Waals surface area contributed by atoms with Crippen molar-refractivity contribution >= 4 is 11.9 Å². The summed E-state index contributed by atoms with van der Waals surface area (Å²) in [5, 5.41) is 8.74. The number of aliphatic carboxylic acids is 1. The van der Waals surface area contributed by atoms with E-state index in [1.54, 1.807) is 4.90 Å². The van der Waals surface area contributed by atoms with Gasteiger partial charge in [0.2, 0.25) is 5.91 Å². The average Bonchev–Trinajstić information content (AvgIpc) is 2.38. The number of carboxylic acids is 1. The molecule has 0 aromatic rings. The number of carbonyl (C=O) groups excluding carboxylic acids is 1. The van der Waals surface area contributed by atoms with E-state index in [0.29, 0.717) is 26.3 Å². The minimum absolute atomic E-state index is 0.0506. The Morgan fingerprint density at radius 3 is 2.83 bits per heavy atom. The third-order valence-corrected chi connectivity index (χ3v) is 3.36. The molecule has 1 N–H and O–H groups in total. The predicted molar refractivity (Wildman–Crippen MR) is 62.1 cm³/mol. The van der Waals surface area contributed by atoms with Crippen LogP contribution in [0.2, 0.25) is 0 Å². The Morgan fingerprint density at radius 2 is 2.17 bits per heavy atom. The molecule has 2 saturated heterocycles. The fourth-order valence-electron chi connectivity index (χ4n) is 2.43. The number of morpholine rings is 1. The van der Waals surface area contributed by atoms with Gasteiger partial charge in [-0.15, -0.1) is 0 Å². The van der Waals surface area contributed by atoms with E-state index in [1.807, 2.05) is 0 Å². The van der Waals surface area contributed by atoms with Crippen molar-refractivity contribution < 1.29 is 24.2 Å². The highest BCUT2D eigenvalue weighted by Crippen LogP contribution is 2.18. The number of carboxylic acid groups (broad SMARTS) is 1. The molecule has 6 nitrogen and oxygen atoms in total. The quantitative estimate of drug-likeness (QED) is 0.777. The summed E-state index contributed by atoms with van der Waals surface area (Å²) in [6.45, 7) is 2.55. The van der Waals surface area contributed by atoms with Gasteiger partial charge in [0.25, 0.3) is 0 Å². The first-order chi connectivity index (χ1) is 8.66. The van der Waals surface area contributed by atoms with Gasteiger partial charge < -0.3 is 19.5 Å². The zero-order valence-corrected chi connectivity index (χ0v) is 10.3. The van der Waals surface area contributed by atoms with E-state index < -0.39 is 5.97 Å². The van der Waals surface area contributed by atoms with Gasteiger partial charge in [-0.2, -0.15) is 0 Å². The molecule has 2 heterocycles. The van der Waals surface area contributed by atoms with Crippen LogP contribution in [0.1, 0.15) is 19.3 Å². The van der Waals surface area contributed by atoms with Crippen LogP contribution < -0.4 is 0 Å². The molecule has 6 heteroatoms. The molecule has 2 aliphatic rings. The molecule has 0 radical (unpaired) electrons. The molecular formula is C12H19NO5. The maximum Gasteiger partial charge on any atom is 0.306 e. The van der Waals surface area contributed by atoms with Gasteiger partial charge >= 0.3 is 5.97 Å². The van der Waals surface area contributed by atoms with E-state index >= 15 is 0 Å². The number of carbonyl (C=O) groups is 2. The molecule has 102 valence electrons. The third-order valence-electron chi connectivity index (χ3n) is 3.36. The van der Waals surface area contributed by atoms with Gasteiger partial charge in [0, 0.05) is 19.7 Å². The summed E-state index contributed by atoms with van der Waals surface area (Å²) in [5.74, 6) is -0.883. The third kappa shape index (κ3) is 3.43. The molecule has 2 aliphatic heterocycles. The lowest BCUT2D eigenvalue weighted by Gasteiger charge is -2.35. The average molecular weight is 257 g/mol. The predicted octanol–water partition coefficient (Wildman–Crippen LogP) is 0.115. The maximum atomic E-state index is 12.2. The van der Waals surface area contributed by atoms with E-state index in [4.69, 9.17) is 14.6 Å². The molecular weight excluding hydrogens is 238 g/mol. The number of hydrogen-bond acceptors (Lipinski definition) is 4. The number of nitrogens with zero attached hydrogens (tertiary/aromatic N) is 1. The molecule has 0 aromatic heterocycles. The topological polar surface area (TPSA) is 76.1 Å². The Hall–Kier alpha value is -1.14. The van der Waals surface area contributed by atoms with Crippen molar-refractivity contribution in [1.82, 2.24) is 4.90 Å². The van der Waals surface area contributed by atoms with E-state index in [1.165, 1.54) is 0 Å². The van der Waals surface area contributed by atoms with Gasteiger partial charge in [0.15, 0.2) is 0 Å². The molecule has 0 unspecified atom stereocenters. The minimum atomic E-state index is -0.893. The summed E-state index contributed by atoms with van der Waals surface area (Å²) >= 11 is 0. The number of ether oxygens (including phenoxy) is 2. The van der Waals surface area contributed by atoms with Gasteiger partial charge in [0.1, 0.15) is 0 Å². The number of amides is 1. The Balaban J connectivity index is 1.87. The Labute approximate surface area is 106 Å². The van der Waals surface area contributed by atoms with Crippen LogP contribution in [-0.4, -0.2) is 60.9 Å². The van der Waals surface area contributed by atoms with Crippen LogP contribution in [0.5, 0.6) is 0 Å². The monoisotopic (exact) mass is 257 g/mol. The van der Waals surface area contributed by atoms with E-state index in [0.717, 1.165) is 19.4 Å². The van der Waals surface area contributed by atoms with Crippen LogP contribution in [0.3, 0.4) is 0 Å². The lowest BCUT2D eigenvalue weighted by molar-refractivity contribution is -0.152. The summed E-state index contributed by atoms with van der Waals surface area (Å²) in [7, 11) is 0. The van der Waals surface area contributed by atoms with Crippen molar-refractivity contribution in [2.24, 2.45) is 5.92 Å². The largest absolute Gasteiger partial charge is 0.481 e. The van der Waals surface area contributed by atoms with Gasteiger partial charge in [-0.05, 0) is 12.8 Å². The number of hydrogen-bond donors (Lipinski definition) is 1. The Kier molecular flexibility index (Phi) is 4.54. The van der Waals surface area contributed by atoms with E-state index in [2.05, 4.69) is 0 Å². The van der Waals surface area contributed by atoms with Crippen molar-refractivity contribution in [2.75, 3.05) is 32.9 Å². The fourth-order valence-corrected chi connectivity index (χ4v) is 2.43. The van der Waals surface area contributed by atoms with Crippen molar-refractivity contribution in [2.45, 2.75) is 25.4 Å². The van der Waals surface area contributed by atoms with Gasteiger partial charge in [-0.3, -0.25) is 9.59 Å². The highest BCUT2D eigenvalue weighted by Gasteiger charge is 2.31. The van der Waals surface area contributed by atoms with Crippen LogP contribution >= 0.6 is 0 Å². The molecule has 0 bridgehead atoms. The Bertz CT molecular complexity index is 314. The maximum absolute atomic E-state index is 12.2. The second-order valence-electron chi connectivity index (χ2n) is 4.79. The first-order valence-corrected chi connectivity index (χ1v) is 6.36. The second kappa shape index (κ2) is 6.15. The molecule has 0 aromatic carbocycles. The zero-order valence-electron chi connectivity index (χ0n) is 10.3. The minimum Gasteiger partial charge on any atom is -0.481 e. The van der Waals surface area contributed by atoms with Gasteiger partial charge in [0.05, 0.1) is 31.7 Å². The van der Waals surface area contributed by atoms with Crippen LogP contribution in [0.15, 0.2) is 0 Å². The standard InChI is InChI=1S/C12H19NO5/c14-11(15)6-10-7-13(3-5-18-10)12(16)9-2-1-4-17-8-9/h9-10H,1-8H2,(H,14,15)/t9-,10+/m1/s1. The molecule has 0 spiro atoms. The summed E-state index contributed by atoms with van der Waals surface area (Å²) in [6, 6.07) is 0. The van der Waals surface area contributed by atoms with E-state index in [-0.39, 0.29) is 24.3 Å². The van der Waals surface area contributed by atoms with Gasteiger partial charge in [-0.25, -0.2) is 0 Å². The summed E-state index contributed by atoms with van der Waals surface area (Å²) < 4.78 is 10.7. The van der Waals surface area contributed by atoms with Crippen LogP contribution in [0, 0.1) is 5.92 Å². The van der Waals surface area contributed by atoms with Crippen molar-refractivity contribution in [1.29, 1.82) is 0 Å². The Morgan fingerprint density at radius 1 is 1.33 bits per heavy atom. The first-order valence-electron chi connectivity index (χ1n) is 6.36. The highest BCUT2D eigenvalue weighted by molar-refractivity contribution is 5.79. The second-order valence-corrected chi connectivity index (χ2v) is 4.79. The van der Waals surface area contributed by atoms with Crippen molar-refractivity contribution in [3.63, 3.8) is 0 Å². The highest BCUT2D eigenvalue weighted by atomic mass is 16.5. The van der Waals surface area contributed by atoms with Crippen LogP contribution in [0.25, 0.3) is 0 Å². The van der Waals surface area contributed by atoms with Crippen LogP contribution in [0.4, 0.5) is 0 Å². The van der Waals surface area contributed by atoms with Crippen LogP contribution in [-0.2, 0) is 19.1 Å². The molecule has 18 heavy (non-hydrogen) atoms. The molecule has 1 amide bonds. The molecule has 0 aliphatic carbocycles. The lowest BCUT2D eigenvalue weighted by atomic mass is 10.00. The zero-order chi connectivity index (χ0) is 13.0. The summed E-state index contributed by atoms with van der Waals surface area (Å²) in [6.07, 6.45) is 1.34. The first kappa shape index (κ1) is 13.3. The fraction of sp³-hybridized carbons (Fsp3) is 0.833. The summed E-state index contributed by atoms with van der Waals surface area (Å²) in [5.41, 5.74) is 0. The molecule has 2 rings (SSSR count). The molecule has 2 fully saturated rings. The molecule has 2 atom stereocenters. The van der Waals surface area contributed by atoms with Crippen molar-refractivity contribution in [3.8, 4) is 0 Å². The molecule has 0 saturated carbocycles. The SMILES string of the molecule is O=C(O)C[C@H]1CN(C(=O)[C@@H]2CCCOC2)CCO1. The van der Waals surface area contributed by atoms with Crippen molar-refractivity contribution in [3.05, 3.63) is 0 Å². The van der Waals surface area contributed by atoms with Gasteiger partial charge in [-0.1, -0.05) is 0 Å².